The number of H-pyrrole nitrogens is 1. The van der Waals surface area contributed by atoms with Gasteiger partial charge in [-0.1, -0.05) is 30.3 Å². The number of benzene rings is 1. The Morgan fingerprint density at radius 1 is 1.23 bits per heavy atom. The zero-order chi connectivity index (χ0) is 15.5. The Bertz CT molecular complexity index is 773. The standard InChI is InChI=1S/C17H18N4O/c1-12(19-17(22)15-9-6-10-21(15)2)16-18-11-14(20-16)13-7-4-3-5-8-13/h3-12H,1-2H3,(H,18,20)(H,19,22)/t12-/m1/s1. The quantitative estimate of drug-likeness (QED) is 0.777. The zero-order valence-corrected chi connectivity index (χ0v) is 12.6. The molecule has 0 fully saturated rings. The summed E-state index contributed by atoms with van der Waals surface area (Å²) in [5, 5.41) is 2.95. The number of aromatic nitrogens is 3. The number of nitrogens with zero attached hydrogens (tertiary/aromatic N) is 2. The van der Waals surface area contributed by atoms with E-state index in [0.717, 1.165) is 17.1 Å². The van der Waals surface area contributed by atoms with Crippen LogP contribution in [0.4, 0.5) is 0 Å². The number of imidazole rings is 1. The van der Waals surface area contributed by atoms with Crippen LogP contribution in [0.15, 0.2) is 54.9 Å². The Morgan fingerprint density at radius 3 is 2.68 bits per heavy atom. The normalized spacial score (nSPS) is 12.1. The molecule has 0 spiro atoms. The van der Waals surface area contributed by atoms with Crippen LogP contribution >= 0.6 is 0 Å². The van der Waals surface area contributed by atoms with E-state index in [-0.39, 0.29) is 11.9 Å². The third-order valence-electron chi connectivity index (χ3n) is 3.61. The highest BCUT2D eigenvalue weighted by atomic mass is 16.2. The second-order valence-electron chi connectivity index (χ2n) is 5.25. The van der Waals surface area contributed by atoms with Gasteiger partial charge in [0.25, 0.3) is 5.91 Å². The van der Waals surface area contributed by atoms with Gasteiger partial charge in [-0.25, -0.2) is 4.98 Å². The average molecular weight is 294 g/mol. The van der Waals surface area contributed by atoms with Gasteiger partial charge in [-0.2, -0.15) is 0 Å². The van der Waals surface area contributed by atoms with Crippen molar-refractivity contribution in [2.24, 2.45) is 7.05 Å². The smallest absolute Gasteiger partial charge is 0.268 e. The molecule has 1 amide bonds. The highest BCUT2D eigenvalue weighted by Crippen LogP contribution is 2.19. The van der Waals surface area contributed by atoms with Crippen LogP contribution in [0.1, 0.15) is 29.3 Å². The van der Waals surface area contributed by atoms with Gasteiger partial charge in [-0.15, -0.1) is 0 Å². The highest BCUT2D eigenvalue weighted by molar-refractivity contribution is 5.92. The molecule has 3 aromatic rings. The number of nitrogens with one attached hydrogen (secondary N) is 2. The third-order valence-corrected chi connectivity index (χ3v) is 3.61. The molecule has 2 heterocycles. The second-order valence-corrected chi connectivity index (χ2v) is 5.25. The molecule has 0 aliphatic heterocycles. The second kappa shape index (κ2) is 5.89. The summed E-state index contributed by atoms with van der Waals surface area (Å²) in [4.78, 5) is 19.8. The molecule has 0 unspecified atom stereocenters. The summed E-state index contributed by atoms with van der Waals surface area (Å²) in [6, 6.07) is 13.4. The molecule has 0 radical (unpaired) electrons. The van der Waals surface area contributed by atoms with Crippen LogP contribution in [0, 0.1) is 0 Å². The number of carbonyl (C=O) groups is 1. The predicted octanol–water partition coefficient (Wildman–Crippen LogP) is 2.91. The van der Waals surface area contributed by atoms with Crippen molar-refractivity contribution in [3.05, 3.63) is 66.4 Å². The minimum Gasteiger partial charge on any atom is -0.347 e. The van der Waals surface area contributed by atoms with Crippen molar-refractivity contribution in [3.8, 4) is 11.3 Å². The summed E-state index contributed by atoms with van der Waals surface area (Å²) in [6.45, 7) is 1.91. The summed E-state index contributed by atoms with van der Waals surface area (Å²) in [6.07, 6.45) is 3.63. The van der Waals surface area contributed by atoms with E-state index in [1.165, 1.54) is 0 Å². The van der Waals surface area contributed by atoms with E-state index >= 15 is 0 Å². The lowest BCUT2D eigenvalue weighted by Crippen LogP contribution is -2.28. The third kappa shape index (κ3) is 2.79. The van der Waals surface area contributed by atoms with E-state index in [4.69, 9.17) is 0 Å². The number of hydrogen-bond acceptors (Lipinski definition) is 2. The summed E-state index contributed by atoms with van der Waals surface area (Å²) < 4.78 is 1.79. The first kappa shape index (κ1) is 14.1. The van der Waals surface area contributed by atoms with Crippen molar-refractivity contribution < 1.29 is 4.79 Å². The monoisotopic (exact) mass is 294 g/mol. The van der Waals surface area contributed by atoms with Gasteiger partial charge in [-0.3, -0.25) is 4.79 Å². The molecule has 5 heteroatoms. The molecular weight excluding hydrogens is 276 g/mol. The fourth-order valence-electron chi connectivity index (χ4n) is 2.36. The van der Waals surface area contributed by atoms with Crippen molar-refractivity contribution >= 4 is 5.91 Å². The van der Waals surface area contributed by atoms with E-state index < -0.39 is 0 Å². The number of amides is 1. The Labute approximate surface area is 129 Å². The lowest BCUT2D eigenvalue weighted by molar-refractivity contribution is 0.0930. The molecule has 0 saturated carbocycles. The number of aromatic amines is 1. The molecule has 1 aromatic carbocycles. The largest absolute Gasteiger partial charge is 0.347 e. The molecule has 0 aliphatic carbocycles. The lowest BCUT2D eigenvalue weighted by atomic mass is 10.2. The van der Waals surface area contributed by atoms with Gasteiger partial charge < -0.3 is 14.9 Å². The van der Waals surface area contributed by atoms with Gasteiger partial charge in [0, 0.05) is 13.2 Å². The van der Waals surface area contributed by atoms with Gasteiger partial charge in [-0.05, 0) is 24.6 Å². The Morgan fingerprint density at radius 2 is 2.00 bits per heavy atom. The van der Waals surface area contributed by atoms with E-state index in [1.54, 1.807) is 16.8 Å². The number of aryl methyl sites for hydroxylation is 1. The first-order chi connectivity index (χ1) is 10.6. The summed E-state index contributed by atoms with van der Waals surface area (Å²) in [7, 11) is 1.85. The van der Waals surface area contributed by atoms with Crippen LogP contribution in [-0.2, 0) is 7.05 Å². The van der Waals surface area contributed by atoms with E-state index in [9.17, 15) is 4.79 Å². The van der Waals surface area contributed by atoms with Crippen molar-refractivity contribution in [1.82, 2.24) is 19.9 Å². The Hall–Kier alpha value is -2.82. The number of rotatable bonds is 4. The molecule has 0 bridgehead atoms. The van der Waals surface area contributed by atoms with Gasteiger partial charge in [0.1, 0.15) is 11.5 Å². The first-order valence-corrected chi connectivity index (χ1v) is 7.17. The van der Waals surface area contributed by atoms with Gasteiger partial charge in [0.2, 0.25) is 0 Å². The van der Waals surface area contributed by atoms with Crippen molar-refractivity contribution in [2.45, 2.75) is 13.0 Å². The van der Waals surface area contributed by atoms with Crippen LogP contribution in [0.25, 0.3) is 11.3 Å². The fraction of sp³-hybridized carbons (Fsp3) is 0.176. The predicted molar refractivity (Wildman–Crippen MR) is 85.3 cm³/mol. The van der Waals surface area contributed by atoms with Gasteiger partial charge >= 0.3 is 0 Å². The molecule has 2 N–H and O–H groups in total. The SMILES string of the molecule is C[C@@H](NC(=O)c1cccn1C)c1ncc(-c2ccccc2)[nH]1. The molecular formula is C17H18N4O. The van der Waals surface area contributed by atoms with Crippen LogP contribution in [0.3, 0.4) is 0 Å². The van der Waals surface area contributed by atoms with Crippen LogP contribution in [0.2, 0.25) is 0 Å². The topological polar surface area (TPSA) is 62.7 Å². The minimum atomic E-state index is -0.195. The van der Waals surface area contributed by atoms with Crippen molar-refractivity contribution in [1.29, 1.82) is 0 Å². The number of carbonyl (C=O) groups excluding carboxylic acids is 1. The number of hydrogen-bond donors (Lipinski definition) is 2. The Kier molecular flexibility index (Phi) is 3.78. The average Bonchev–Trinajstić information content (AvgIpc) is 3.17. The maximum Gasteiger partial charge on any atom is 0.268 e. The Balaban J connectivity index is 1.73. The van der Waals surface area contributed by atoms with E-state index in [0.29, 0.717) is 5.69 Å². The molecule has 5 nitrogen and oxygen atoms in total. The molecule has 3 rings (SSSR count). The van der Waals surface area contributed by atoms with Crippen molar-refractivity contribution in [3.63, 3.8) is 0 Å². The molecule has 0 aliphatic rings. The molecule has 2 aromatic heterocycles. The summed E-state index contributed by atoms with van der Waals surface area (Å²) in [5.41, 5.74) is 2.64. The maximum absolute atomic E-state index is 12.2. The molecule has 112 valence electrons. The zero-order valence-electron chi connectivity index (χ0n) is 12.6. The maximum atomic E-state index is 12.2. The van der Waals surface area contributed by atoms with Crippen LogP contribution in [-0.4, -0.2) is 20.4 Å². The van der Waals surface area contributed by atoms with Crippen LogP contribution < -0.4 is 5.32 Å². The lowest BCUT2D eigenvalue weighted by Gasteiger charge is -2.12. The minimum absolute atomic E-state index is 0.113. The molecule has 0 saturated heterocycles. The van der Waals surface area contributed by atoms with E-state index in [2.05, 4.69) is 15.3 Å². The van der Waals surface area contributed by atoms with Crippen molar-refractivity contribution in [2.75, 3.05) is 0 Å². The van der Waals surface area contributed by atoms with Gasteiger partial charge in [0.15, 0.2) is 0 Å². The fourth-order valence-corrected chi connectivity index (χ4v) is 2.36. The highest BCUT2D eigenvalue weighted by Gasteiger charge is 2.16. The summed E-state index contributed by atoms with van der Waals surface area (Å²) in [5.74, 6) is 0.624. The van der Waals surface area contributed by atoms with E-state index in [1.807, 2.05) is 56.6 Å². The molecule has 1 atom stereocenters. The van der Waals surface area contributed by atoms with Gasteiger partial charge in [0.05, 0.1) is 17.9 Å². The first-order valence-electron chi connectivity index (χ1n) is 7.17. The summed E-state index contributed by atoms with van der Waals surface area (Å²) >= 11 is 0. The molecule has 22 heavy (non-hydrogen) atoms. The van der Waals surface area contributed by atoms with Crippen LogP contribution in [0.5, 0.6) is 0 Å².